The van der Waals surface area contributed by atoms with Gasteiger partial charge in [0.2, 0.25) is 0 Å². The van der Waals surface area contributed by atoms with Crippen molar-refractivity contribution in [1.82, 2.24) is 15.0 Å². The molecule has 0 aliphatic rings. The van der Waals surface area contributed by atoms with Crippen LogP contribution in [0.3, 0.4) is 0 Å². The first-order chi connectivity index (χ1) is 13.2. The molecule has 0 saturated carbocycles. The highest BCUT2D eigenvalue weighted by Crippen LogP contribution is 2.21. The Labute approximate surface area is 156 Å². The third-order valence-corrected chi connectivity index (χ3v) is 4.07. The molecule has 0 radical (unpaired) electrons. The van der Waals surface area contributed by atoms with Gasteiger partial charge in [0.25, 0.3) is 5.91 Å². The van der Waals surface area contributed by atoms with Crippen LogP contribution in [0.4, 0.5) is 17.2 Å². The lowest BCUT2D eigenvalue weighted by Gasteiger charge is -2.09. The third-order valence-electron chi connectivity index (χ3n) is 4.07. The molecule has 2 aromatic carbocycles. The Hall–Kier alpha value is -3.80. The molecule has 2 aromatic heterocycles. The van der Waals surface area contributed by atoms with E-state index in [-0.39, 0.29) is 11.6 Å². The number of nitrogens with zero attached hydrogens (tertiary/aromatic N) is 3. The van der Waals surface area contributed by atoms with Gasteiger partial charge in [0, 0.05) is 23.3 Å². The van der Waals surface area contributed by atoms with Gasteiger partial charge in [0.05, 0.1) is 11.2 Å². The molecule has 0 fully saturated rings. The van der Waals surface area contributed by atoms with Crippen molar-refractivity contribution in [1.29, 1.82) is 0 Å². The molecule has 1 amide bonds. The van der Waals surface area contributed by atoms with Crippen LogP contribution >= 0.6 is 0 Å². The maximum atomic E-state index is 12.7. The first-order valence-corrected chi connectivity index (χ1v) is 8.50. The summed E-state index contributed by atoms with van der Waals surface area (Å²) in [5.41, 5.74) is 3.69. The average Bonchev–Trinajstić information content (AvgIpc) is 2.68. The van der Waals surface area contributed by atoms with Crippen molar-refractivity contribution in [3.05, 3.63) is 84.4 Å². The zero-order chi connectivity index (χ0) is 18.6. The van der Waals surface area contributed by atoms with Crippen LogP contribution in [0.15, 0.2) is 73.2 Å². The highest BCUT2D eigenvalue weighted by Gasteiger charge is 2.11. The minimum absolute atomic E-state index is 0.271. The number of hydrogen-bond acceptors (Lipinski definition) is 5. The van der Waals surface area contributed by atoms with Gasteiger partial charge in [-0.15, -0.1) is 0 Å². The van der Waals surface area contributed by atoms with Gasteiger partial charge >= 0.3 is 0 Å². The number of aryl methyl sites for hydroxylation is 1. The van der Waals surface area contributed by atoms with E-state index in [1.807, 2.05) is 61.5 Å². The van der Waals surface area contributed by atoms with E-state index in [0.717, 1.165) is 22.2 Å². The molecule has 27 heavy (non-hydrogen) atoms. The Morgan fingerprint density at radius 1 is 0.926 bits per heavy atom. The summed E-state index contributed by atoms with van der Waals surface area (Å²) < 4.78 is 0. The summed E-state index contributed by atoms with van der Waals surface area (Å²) in [4.78, 5) is 25.3. The number of carbonyl (C=O) groups is 1. The van der Waals surface area contributed by atoms with Crippen LogP contribution in [0.2, 0.25) is 0 Å². The van der Waals surface area contributed by atoms with Crippen LogP contribution in [-0.2, 0) is 0 Å². The Morgan fingerprint density at radius 2 is 1.78 bits per heavy atom. The summed E-state index contributed by atoms with van der Waals surface area (Å²) in [5.74, 6) is 0.236. The highest BCUT2D eigenvalue weighted by atomic mass is 16.1. The van der Waals surface area contributed by atoms with Crippen molar-refractivity contribution >= 4 is 34.0 Å². The second-order valence-corrected chi connectivity index (χ2v) is 6.12. The molecule has 132 valence electrons. The number of para-hydroxylation sites is 1. The van der Waals surface area contributed by atoms with Gasteiger partial charge in [0.1, 0.15) is 17.8 Å². The minimum atomic E-state index is -0.317. The number of amides is 1. The molecule has 4 aromatic rings. The molecule has 0 saturated heterocycles. The Balaban J connectivity index is 1.57. The number of hydrogen-bond donors (Lipinski definition) is 2. The van der Waals surface area contributed by atoms with Gasteiger partial charge in [0.15, 0.2) is 0 Å². The predicted molar refractivity (Wildman–Crippen MR) is 106 cm³/mol. The van der Waals surface area contributed by atoms with Crippen molar-refractivity contribution in [3.63, 3.8) is 0 Å². The van der Waals surface area contributed by atoms with Crippen LogP contribution in [0.1, 0.15) is 16.1 Å². The predicted octanol–water partition coefficient (Wildman–Crippen LogP) is 4.33. The first-order valence-electron chi connectivity index (χ1n) is 8.50. The standard InChI is InChI=1S/C21H17N5O/c1-14-5-2-8-16(11-14)25-19-12-18(23-13-24-19)21(27)26-17-9-3-6-15-7-4-10-22-20(15)17/h2-13H,1H3,(H,26,27)(H,23,24,25). The normalized spacial score (nSPS) is 10.6. The Bertz CT molecular complexity index is 1120. The number of rotatable bonds is 4. The molecular weight excluding hydrogens is 338 g/mol. The van der Waals surface area contributed by atoms with Gasteiger partial charge in [-0.2, -0.15) is 0 Å². The van der Waals surface area contributed by atoms with E-state index in [1.54, 1.807) is 12.3 Å². The van der Waals surface area contributed by atoms with E-state index < -0.39 is 0 Å². The average molecular weight is 355 g/mol. The summed E-state index contributed by atoms with van der Waals surface area (Å²) >= 11 is 0. The number of anilines is 3. The lowest BCUT2D eigenvalue weighted by molar-refractivity contribution is 0.102. The molecule has 0 aliphatic heterocycles. The fourth-order valence-corrected chi connectivity index (χ4v) is 2.81. The molecule has 0 spiro atoms. The molecule has 0 atom stereocenters. The van der Waals surface area contributed by atoms with Crippen molar-refractivity contribution in [2.24, 2.45) is 0 Å². The number of pyridine rings is 1. The zero-order valence-corrected chi connectivity index (χ0v) is 14.7. The van der Waals surface area contributed by atoms with Gasteiger partial charge in [-0.05, 0) is 36.8 Å². The molecule has 0 aliphatic carbocycles. The van der Waals surface area contributed by atoms with E-state index in [2.05, 4.69) is 25.6 Å². The highest BCUT2D eigenvalue weighted by molar-refractivity contribution is 6.07. The number of benzene rings is 2. The van der Waals surface area contributed by atoms with Gasteiger partial charge < -0.3 is 10.6 Å². The quantitative estimate of drug-likeness (QED) is 0.569. The summed E-state index contributed by atoms with van der Waals surface area (Å²) in [6.07, 6.45) is 3.07. The summed E-state index contributed by atoms with van der Waals surface area (Å²) in [6, 6.07) is 19.0. The van der Waals surface area contributed by atoms with Crippen molar-refractivity contribution in [2.45, 2.75) is 6.92 Å². The number of aromatic nitrogens is 3. The maximum Gasteiger partial charge on any atom is 0.274 e. The van der Waals surface area contributed by atoms with Crippen molar-refractivity contribution in [2.75, 3.05) is 10.6 Å². The molecule has 4 rings (SSSR count). The topological polar surface area (TPSA) is 79.8 Å². The molecular formula is C21H17N5O. The fraction of sp³-hybridized carbons (Fsp3) is 0.0476. The maximum absolute atomic E-state index is 12.7. The summed E-state index contributed by atoms with van der Waals surface area (Å²) in [7, 11) is 0. The Morgan fingerprint density at radius 3 is 2.67 bits per heavy atom. The second-order valence-electron chi connectivity index (χ2n) is 6.12. The summed E-state index contributed by atoms with van der Waals surface area (Å²) in [5, 5.41) is 7.03. The molecule has 0 bridgehead atoms. The first kappa shape index (κ1) is 16.7. The number of carbonyl (C=O) groups excluding carboxylic acids is 1. The SMILES string of the molecule is Cc1cccc(Nc2cc(C(=O)Nc3cccc4cccnc34)ncn2)c1. The van der Waals surface area contributed by atoms with E-state index >= 15 is 0 Å². The molecule has 6 nitrogen and oxygen atoms in total. The van der Waals surface area contributed by atoms with Crippen molar-refractivity contribution < 1.29 is 4.79 Å². The summed E-state index contributed by atoms with van der Waals surface area (Å²) in [6.45, 7) is 2.02. The zero-order valence-electron chi connectivity index (χ0n) is 14.7. The number of fused-ring (bicyclic) bond motifs is 1. The van der Waals surface area contributed by atoms with Crippen molar-refractivity contribution in [3.8, 4) is 0 Å². The number of nitrogens with one attached hydrogen (secondary N) is 2. The van der Waals surface area contributed by atoms with E-state index in [9.17, 15) is 4.79 Å². The van der Waals surface area contributed by atoms with E-state index in [4.69, 9.17) is 0 Å². The van der Waals surface area contributed by atoms with Crippen LogP contribution < -0.4 is 10.6 Å². The molecule has 2 heterocycles. The van der Waals surface area contributed by atoms with E-state index in [0.29, 0.717) is 11.5 Å². The lowest BCUT2D eigenvalue weighted by Crippen LogP contribution is -2.14. The largest absolute Gasteiger partial charge is 0.340 e. The van der Waals surface area contributed by atoms with Crippen LogP contribution in [0.5, 0.6) is 0 Å². The lowest BCUT2D eigenvalue weighted by atomic mass is 10.2. The fourth-order valence-electron chi connectivity index (χ4n) is 2.81. The third kappa shape index (κ3) is 3.74. The second kappa shape index (κ2) is 7.21. The molecule has 2 N–H and O–H groups in total. The smallest absolute Gasteiger partial charge is 0.274 e. The Kier molecular flexibility index (Phi) is 4.45. The molecule has 6 heteroatoms. The minimum Gasteiger partial charge on any atom is -0.340 e. The van der Waals surface area contributed by atoms with Crippen LogP contribution in [0.25, 0.3) is 10.9 Å². The van der Waals surface area contributed by atoms with Crippen LogP contribution in [-0.4, -0.2) is 20.9 Å². The van der Waals surface area contributed by atoms with E-state index in [1.165, 1.54) is 6.33 Å². The molecule has 0 unspecified atom stereocenters. The van der Waals surface area contributed by atoms with Gasteiger partial charge in [-0.25, -0.2) is 9.97 Å². The van der Waals surface area contributed by atoms with Gasteiger partial charge in [-0.1, -0.05) is 30.3 Å². The van der Waals surface area contributed by atoms with Crippen LogP contribution in [0, 0.1) is 6.92 Å². The van der Waals surface area contributed by atoms with Gasteiger partial charge in [-0.3, -0.25) is 9.78 Å². The monoisotopic (exact) mass is 355 g/mol.